The molecule has 0 radical (unpaired) electrons. The highest BCUT2D eigenvalue weighted by atomic mass is 35.5. The Morgan fingerprint density at radius 3 is 2.83 bits per heavy atom. The molecule has 2 heterocycles. The van der Waals surface area contributed by atoms with Crippen LogP contribution in [0, 0.1) is 13.8 Å². The lowest BCUT2D eigenvalue weighted by atomic mass is 10.2. The summed E-state index contributed by atoms with van der Waals surface area (Å²) in [5.74, 6) is -0.168. The number of rotatable bonds is 3. The van der Waals surface area contributed by atoms with Crippen LogP contribution in [0.5, 0.6) is 0 Å². The minimum atomic E-state index is -0.168. The fraction of sp³-hybridized carbons (Fsp3) is 0.250. The zero-order chi connectivity index (χ0) is 16.7. The summed E-state index contributed by atoms with van der Waals surface area (Å²) in [5.41, 5.74) is 2.33. The van der Waals surface area contributed by atoms with Crippen LogP contribution in [-0.4, -0.2) is 27.2 Å². The van der Waals surface area contributed by atoms with Crippen LogP contribution in [0.3, 0.4) is 0 Å². The Labute approximate surface area is 148 Å². The first kappa shape index (κ1) is 16.3. The molecule has 0 saturated carbocycles. The third kappa shape index (κ3) is 3.09. The highest BCUT2D eigenvalue weighted by Crippen LogP contribution is 2.24. The number of benzene rings is 1. The predicted molar refractivity (Wildman–Crippen MR) is 94.8 cm³/mol. The number of hydrogen-bond acceptors (Lipinski definition) is 3. The molecule has 0 atom stereocenters. The lowest BCUT2D eigenvalue weighted by molar-refractivity contribution is 0.0783. The smallest absolute Gasteiger partial charge is 0.255 e. The molecule has 7 heteroatoms. The van der Waals surface area contributed by atoms with E-state index in [4.69, 9.17) is 23.2 Å². The van der Waals surface area contributed by atoms with Crippen LogP contribution in [0.4, 0.5) is 0 Å². The van der Waals surface area contributed by atoms with E-state index in [1.807, 2.05) is 24.4 Å². The van der Waals surface area contributed by atoms with Gasteiger partial charge in [-0.15, -0.1) is 11.3 Å². The third-order valence-corrected chi connectivity index (χ3v) is 5.10. The molecule has 4 nitrogen and oxygen atoms in total. The Hall–Kier alpha value is -1.56. The molecule has 3 rings (SSSR count). The van der Waals surface area contributed by atoms with Gasteiger partial charge in [-0.1, -0.05) is 23.2 Å². The number of thiazole rings is 1. The first-order chi connectivity index (χ1) is 10.9. The monoisotopic (exact) mass is 367 g/mol. The summed E-state index contributed by atoms with van der Waals surface area (Å²) in [5, 5.41) is 0.885. The van der Waals surface area contributed by atoms with Crippen LogP contribution in [0.25, 0.3) is 4.96 Å². The van der Waals surface area contributed by atoms with Crippen molar-refractivity contribution in [2.24, 2.45) is 0 Å². The Morgan fingerprint density at radius 2 is 2.09 bits per heavy atom. The van der Waals surface area contributed by atoms with Crippen molar-refractivity contribution in [3.05, 3.63) is 56.3 Å². The van der Waals surface area contributed by atoms with Gasteiger partial charge >= 0.3 is 0 Å². The Balaban J connectivity index is 1.91. The summed E-state index contributed by atoms with van der Waals surface area (Å²) in [6.07, 6.45) is 2.04. The molecular weight excluding hydrogens is 353 g/mol. The van der Waals surface area contributed by atoms with Gasteiger partial charge in [-0.05, 0) is 32.0 Å². The molecule has 2 aromatic heterocycles. The number of carbonyl (C=O) groups is 1. The van der Waals surface area contributed by atoms with E-state index in [1.54, 1.807) is 41.5 Å². The molecule has 1 aromatic carbocycles. The van der Waals surface area contributed by atoms with Gasteiger partial charge in [-0.25, -0.2) is 4.98 Å². The molecule has 0 fully saturated rings. The first-order valence-electron chi connectivity index (χ1n) is 7.01. The second-order valence-electron chi connectivity index (χ2n) is 5.42. The van der Waals surface area contributed by atoms with Crippen molar-refractivity contribution in [1.29, 1.82) is 0 Å². The molecule has 3 aromatic rings. The quantitative estimate of drug-likeness (QED) is 0.678. The van der Waals surface area contributed by atoms with Gasteiger partial charge in [-0.3, -0.25) is 9.20 Å². The van der Waals surface area contributed by atoms with E-state index < -0.39 is 0 Å². The minimum absolute atomic E-state index is 0.168. The van der Waals surface area contributed by atoms with Crippen LogP contribution in [0.15, 0.2) is 24.4 Å². The van der Waals surface area contributed by atoms with E-state index >= 15 is 0 Å². The molecule has 120 valence electrons. The van der Waals surface area contributed by atoms with Crippen LogP contribution in [0.1, 0.15) is 26.6 Å². The maximum atomic E-state index is 12.7. The second kappa shape index (κ2) is 6.15. The highest BCUT2D eigenvalue weighted by Gasteiger charge is 2.19. The number of halogens is 2. The van der Waals surface area contributed by atoms with Crippen LogP contribution in [-0.2, 0) is 6.54 Å². The van der Waals surface area contributed by atoms with E-state index in [0.29, 0.717) is 22.2 Å². The van der Waals surface area contributed by atoms with Crippen molar-refractivity contribution < 1.29 is 4.79 Å². The number of aromatic nitrogens is 2. The van der Waals surface area contributed by atoms with E-state index in [1.165, 1.54) is 4.88 Å². The Morgan fingerprint density at radius 1 is 1.35 bits per heavy atom. The average Bonchev–Trinajstić information content (AvgIpc) is 2.98. The largest absolute Gasteiger partial charge is 0.336 e. The number of amides is 1. The summed E-state index contributed by atoms with van der Waals surface area (Å²) in [6.45, 7) is 4.44. The minimum Gasteiger partial charge on any atom is -0.336 e. The highest BCUT2D eigenvalue weighted by molar-refractivity contribution is 7.17. The Kier molecular flexibility index (Phi) is 4.36. The van der Waals surface area contributed by atoms with Gasteiger partial charge in [0.25, 0.3) is 5.91 Å². The summed E-state index contributed by atoms with van der Waals surface area (Å²) < 4.78 is 2.04. The van der Waals surface area contributed by atoms with Crippen molar-refractivity contribution in [2.45, 2.75) is 20.4 Å². The fourth-order valence-corrected chi connectivity index (χ4v) is 3.72. The predicted octanol–water partition coefficient (Wildman–Crippen LogP) is 4.59. The topological polar surface area (TPSA) is 37.6 Å². The molecular formula is C16H15Cl2N3OS. The maximum absolute atomic E-state index is 12.7. The molecule has 0 bridgehead atoms. The normalized spacial score (nSPS) is 11.2. The van der Waals surface area contributed by atoms with Crippen molar-refractivity contribution in [3.8, 4) is 0 Å². The maximum Gasteiger partial charge on any atom is 0.255 e. The van der Waals surface area contributed by atoms with Crippen molar-refractivity contribution in [1.82, 2.24) is 14.3 Å². The van der Waals surface area contributed by atoms with Crippen molar-refractivity contribution in [3.63, 3.8) is 0 Å². The summed E-state index contributed by atoms with van der Waals surface area (Å²) >= 11 is 13.7. The van der Waals surface area contributed by atoms with Crippen LogP contribution in [0.2, 0.25) is 10.0 Å². The van der Waals surface area contributed by atoms with E-state index in [-0.39, 0.29) is 5.91 Å². The van der Waals surface area contributed by atoms with Crippen LogP contribution < -0.4 is 0 Å². The molecule has 0 spiro atoms. The van der Waals surface area contributed by atoms with Gasteiger partial charge in [0.05, 0.1) is 28.5 Å². The van der Waals surface area contributed by atoms with Gasteiger partial charge in [0.15, 0.2) is 4.96 Å². The first-order valence-corrected chi connectivity index (χ1v) is 8.58. The molecule has 0 aliphatic heterocycles. The fourth-order valence-electron chi connectivity index (χ4n) is 2.46. The zero-order valence-corrected chi connectivity index (χ0v) is 15.3. The molecule has 0 N–H and O–H groups in total. The zero-order valence-electron chi connectivity index (χ0n) is 12.9. The standard InChI is InChI=1S/C16H15Cl2N3OS/c1-9-7-21-14(10(2)19-16(21)23-9)8-20(3)15(22)12-6-11(17)4-5-13(12)18/h4-7H,8H2,1-3H3. The van der Waals surface area contributed by atoms with Gasteiger partial charge in [-0.2, -0.15) is 0 Å². The summed E-state index contributed by atoms with van der Waals surface area (Å²) in [6, 6.07) is 4.89. The summed E-state index contributed by atoms with van der Waals surface area (Å²) in [4.78, 5) is 20.9. The van der Waals surface area contributed by atoms with E-state index in [2.05, 4.69) is 4.98 Å². The van der Waals surface area contributed by atoms with Gasteiger partial charge in [0.2, 0.25) is 0 Å². The number of fused-ring (bicyclic) bond motifs is 1. The number of aryl methyl sites for hydroxylation is 2. The SMILES string of the molecule is Cc1cn2c(CN(C)C(=O)c3cc(Cl)ccc3Cl)c(C)nc2s1. The summed E-state index contributed by atoms with van der Waals surface area (Å²) in [7, 11) is 1.75. The number of hydrogen-bond donors (Lipinski definition) is 0. The van der Waals surface area contributed by atoms with Gasteiger partial charge in [0.1, 0.15) is 0 Å². The number of imidazole rings is 1. The lowest BCUT2D eigenvalue weighted by Crippen LogP contribution is -2.27. The third-order valence-electron chi connectivity index (χ3n) is 3.63. The van der Waals surface area contributed by atoms with Gasteiger partial charge in [0, 0.05) is 23.1 Å². The number of carbonyl (C=O) groups excluding carboxylic acids is 1. The number of nitrogens with zero attached hydrogens (tertiary/aromatic N) is 3. The molecule has 0 saturated heterocycles. The Bertz CT molecular complexity index is 900. The van der Waals surface area contributed by atoms with Crippen molar-refractivity contribution in [2.75, 3.05) is 7.05 Å². The molecule has 0 unspecified atom stereocenters. The van der Waals surface area contributed by atoms with Gasteiger partial charge < -0.3 is 4.90 Å². The molecule has 0 aliphatic rings. The lowest BCUT2D eigenvalue weighted by Gasteiger charge is -2.18. The van der Waals surface area contributed by atoms with Crippen LogP contribution >= 0.6 is 34.5 Å². The van der Waals surface area contributed by atoms with E-state index in [0.717, 1.165) is 16.3 Å². The van der Waals surface area contributed by atoms with Crippen molar-refractivity contribution >= 4 is 45.4 Å². The molecule has 0 aliphatic carbocycles. The molecule has 23 heavy (non-hydrogen) atoms. The second-order valence-corrected chi connectivity index (χ2v) is 7.48. The molecule has 1 amide bonds. The van der Waals surface area contributed by atoms with E-state index in [9.17, 15) is 4.79 Å². The average molecular weight is 368 g/mol.